The number of rotatable bonds is 14. The number of carbonyl (C=O) groups is 2. The molecule has 0 N–H and O–H groups in total. The fourth-order valence-corrected chi connectivity index (χ4v) is 6.97. The number of carbonyl (C=O) groups excluding carboxylic acids is 2. The predicted molar refractivity (Wildman–Crippen MR) is 157 cm³/mol. The van der Waals surface area contributed by atoms with Gasteiger partial charge in [-0.1, -0.05) is 55.7 Å². The predicted octanol–water partition coefficient (Wildman–Crippen LogP) is 6.75. The molecule has 212 valence electrons. The highest BCUT2D eigenvalue weighted by Crippen LogP contribution is 2.44. The molecule has 0 amide bonds. The van der Waals surface area contributed by atoms with Crippen molar-refractivity contribution in [1.29, 1.82) is 0 Å². The molecule has 3 aromatic carbocycles. The van der Waals surface area contributed by atoms with Crippen molar-refractivity contribution >= 4 is 24.7 Å². The van der Waals surface area contributed by atoms with Crippen LogP contribution in [0.5, 0.6) is 23.0 Å². The van der Waals surface area contributed by atoms with Gasteiger partial charge in [0, 0.05) is 12.3 Å². The number of hydrogen-bond donors (Lipinski definition) is 0. The SMILES string of the molecule is COc1cccc(OC)c1C(=O)CC(C)(C)CC(C)C(C(=O)c1c(OC)cccc1OC)[P+](=O)c1ccccc1. The Labute approximate surface area is 237 Å². The molecule has 0 aromatic heterocycles. The van der Waals surface area contributed by atoms with Crippen LogP contribution in [0.25, 0.3) is 0 Å². The van der Waals surface area contributed by atoms with Crippen LogP contribution in [-0.2, 0) is 4.57 Å². The van der Waals surface area contributed by atoms with E-state index in [9.17, 15) is 14.2 Å². The molecule has 3 aromatic rings. The van der Waals surface area contributed by atoms with Crippen LogP contribution in [0.15, 0.2) is 66.7 Å². The van der Waals surface area contributed by atoms with Crippen molar-refractivity contribution in [2.24, 2.45) is 11.3 Å². The zero-order chi connectivity index (χ0) is 29.4. The summed E-state index contributed by atoms with van der Waals surface area (Å²) in [5, 5.41) is 0.587. The Bertz CT molecular complexity index is 1310. The average molecular weight is 566 g/mol. The lowest BCUT2D eigenvalue weighted by Gasteiger charge is -2.29. The quantitative estimate of drug-likeness (QED) is 0.158. The summed E-state index contributed by atoms with van der Waals surface area (Å²) in [6, 6.07) is 19.3. The molecule has 0 bridgehead atoms. The van der Waals surface area contributed by atoms with E-state index in [0.29, 0.717) is 40.3 Å². The van der Waals surface area contributed by atoms with Crippen molar-refractivity contribution in [1.82, 2.24) is 0 Å². The van der Waals surface area contributed by atoms with Crippen molar-refractivity contribution in [3.63, 3.8) is 0 Å². The van der Waals surface area contributed by atoms with E-state index in [-0.39, 0.29) is 29.5 Å². The molecular weight excluding hydrogens is 527 g/mol. The molecule has 3 atom stereocenters. The second-order valence-corrected chi connectivity index (χ2v) is 12.2. The summed E-state index contributed by atoms with van der Waals surface area (Å²) in [7, 11) is 3.86. The van der Waals surface area contributed by atoms with Gasteiger partial charge in [-0.3, -0.25) is 9.59 Å². The van der Waals surface area contributed by atoms with E-state index in [2.05, 4.69) is 0 Å². The standard InChI is InChI=1S/C32H38O7P/c1-21(19-32(2,3)20-23(33)28-24(36-4)15-11-16-25(28)37-5)31(40(35)22-13-9-8-10-14-22)30(34)29-26(38-6)17-12-18-27(29)39-7/h8-18,21,31H,19-20H2,1-7H3/q+1. The zero-order valence-electron chi connectivity index (χ0n) is 24.2. The van der Waals surface area contributed by atoms with Gasteiger partial charge in [0.05, 0.1) is 28.4 Å². The van der Waals surface area contributed by atoms with Gasteiger partial charge in [-0.25, -0.2) is 0 Å². The molecule has 7 nitrogen and oxygen atoms in total. The van der Waals surface area contributed by atoms with Crippen molar-refractivity contribution in [2.75, 3.05) is 28.4 Å². The molecule has 40 heavy (non-hydrogen) atoms. The van der Waals surface area contributed by atoms with Crippen molar-refractivity contribution in [3.8, 4) is 23.0 Å². The van der Waals surface area contributed by atoms with Gasteiger partial charge in [-0.15, -0.1) is 0 Å². The maximum atomic E-state index is 14.2. The van der Waals surface area contributed by atoms with E-state index >= 15 is 0 Å². The van der Waals surface area contributed by atoms with Gasteiger partial charge in [0.1, 0.15) is 34.1 Å². The van der Waals surface area contributed by atoms with Gasteiger partial charge >= 0.3 is 7.80 Å². The van der Waals surface area contributed by atoms with E-state index in [0.717, 1.165) is 0 Å². The van der Waals surface area contributed by atoms with Crippen LogP contribution in [0.1, 0.15) is 54.3 Å². The minimum Gasteiger partial charge on any atom is -0.496 e. The second kappa shape index (κ2) is 13.6. The third kappa shape index (κ3) is 6.89. The van der Waals surface area contributed by atoms with Crippen LogP contribution in [0.2, 0.25) is 0 Å². The molecule has 0 saturated heterocycles. The van der Waals surface area contributed by atoms with Crippen LogP contribution in [0.4, 0.5) is 0 Å². The summed E-state index contributed by atoms with van der Waals surface area (Å²) < 4.78 is 35.9. The summed E-state index contributed by atoms with van der Waals surface area (Å²) in [5.41, 5.74) is -0.775. The van der Waals surface area contributed by atoms with Crippen LogP contribution < -0.4 is 24.3 Å². The lowest BCUT2D eigenvalue weighted by atomic mass is 9.76. The molecule has 0 aliphatic heterocycles. The van der Waals surface area contributed by atoms with Crippen LogP contribution in [0, 0.1) is 11.3 Å². The first kappa shape index (κ1) is 30.8. The van der Waals surface area contributed by atoms with E-state index < -0.39 is 18.9 Å². The molecule has 8 heteroatoms. The van der Waals surface area contributed by atoms with Gasteiger partial charge in [0.15, 0.2) is 11.1 Å². The van der Waals surface area contributed by atoms with Crippen LogP contribution in [-0.4, -0.2) is 45.7 Å². The summed E-state index contributed by atoms with van der Waals surface area (Å²) in [6.07, 6.45) is 0.632. The Balaban J connectivity index is 1.98. The first-order valence-electron chi connectivity index (χ1n) is 13.1. The Hall–Kier alpha value is -3.70. The lowest BCUT2D eigenvalue weighted by Crippen LogP contribution is -2.32. The van der Waals surface area contributed by atoms with E-state index in [1.54, 1.807) is 48.5 Å². The summed E-state index contributed by atoms with van der Waals surface area (Å²) in [5.74, 6) is 0.793. The van der Waals surface area contributed by atoms with E-state index in [1.165, 1.54) is 28.4 Å². The molecule has 3 rings (SSSR count). The maximum absolute atomic E-state index is 14.2. The van der Waals surface area contributed by atoms with Gasteiger partial charge in [-0.2, -0.15) is 0 Å². The summed E-state index contributed by atoms with van der Waals surface area (Å²) in [6.45, 7) is 5.87. The Morgan fingerprint density at radius 1 is 0.725 bits per heavy atom. The van der Waals surface area contributed by atoms with Gasteiger partial charge in [0.25, 0.3) is 0 Å². The third-order valence-electron chi connectivity index (χ3n) is 6.97. The molecule has 0 spiro atoms. The maximum Gasteiger partial charge on any atom is 0.388 e. The molecule has 0 fully saturated rings. The average Bonchev–Trinajstić information content (AvgIpc) is 2.95. The first-order valence-corrected chi connectivity index (χ1v) is 14.4. The second-order valence-electron chi connectivity index (χ2n) is 10.5. The Morgan fingerprint density at radius 2 is 1.18 bits per heavy atom. The fourth-order valence-electron chi connectivity index (χ4n) is 5.28. The highest BCUT2D eigenvalue weighted by molar-refractivity contribution is 7.55. The van der Waals surface area contributed by atoms with Gasteiger partial charge in [-0.05, 0) is 48.2 Å². The molecule has 0 radical (unpaired) electrons. The highest BCUT2D eigenvalue weighted by Gasteiger charge is 2.47. The number of Topliss-reactive ketones (excluding diaryl/α,β-unsaturated/α-hetero) is 2. The molecule has 0 saturated carbocycles. The van der Waals surface area contributed by atoms with Gasteiger partial charge in [0.2, 0.25) is 11.4 Å². The van der Waals surface area contributed by atoms with Crippen LogP contribution >= 0.6 is 7.80 Å². The third-order valence-corrected chi connectivity index (χ3v) is 9.02. The number of ketones is 2. The molecule has 0 aliphatic rings. The largest absolute Gasteiger partial charge is 0.496 e. The van der Waals surface area contributed by atoms with Crippen molar-refractivity contribution in [2.45, 2.75) is 39.3 Å². The Kier molecular flexibility index (Phi) is 10.5. The molecule has 0 aliphatic carbocycles. The molecule has 3 unspecified atom stereocenters. The Morgan fingerprint density at radius 3 is 1.62 bits per heavy atom. The monoisotopic (exact) mass is 565 g/mol. The minimum atomic E-state index is -2.14. The van der Waals surface area contributed by atoms with E-state index in [1.807, 2.05) is 39.0 Å². The highest BCUT2D eigenvalue weighted by atomic mass is 31.1. The lowest BCUT2D eigenvalue weighted by molar-refractivity contribution is 0.0898. The first-order chi connectivity index (χ1) is 19.1. The number of benzene rings is 3. The summed E-state index contributed by atoms with van der Waals surface area (Å²) >= 11 is 0. The molecular formula is C32H38O7P+. The van der Waals surface area contributed by atoms with Crippen molar-refractivity contribution < 1.29 is 33.1 Å². The van der Waals surface area contributed by atoms with Crippen LogP contribution in [0.3, 0.4) is 0 Å². The minimum absolute atomic E-state index is 0.131. The number of ether oxygens (including phenoxy) is 4. The number of methoxy groups -OCH3 is 4. The number of hydrogen-bond acceptors (Lipinski definition) is 7. The fraction of sp³-hybridized carbons (Fsp3) is 0.375. The smallest absolute Gasteiger partial charge is 0.388 e. The normalized spacial score (nSPS) is 13.1. The van der Waals surface area contributed by atoms with Gasteiger partial charge < -0.3 is 18.9 Å². The summed E-state index contributed by atoms with van der Waals surface area (Å²) in [4.78, 5) is 27.7. The topological polar surface area (TPSA) is 88.1 Å². The van der Waals surface area contributed by atoms with E-state index in [4.69, 9.17) is 18.9 Å². The zero-order valence-corrected chi connectivity index (χ0v) is 25.1. The van der Waals surface area contributed by atoms with Crippen molar-refractivity contribution in [3.05, 3.63) is 77.9 Å². The molecule has 0 heterocycles.